The van der Waals surface area contributed by atoms with E-state index >= 15 is 0 Å². The zero-order valence-corrected chi connectivity index (χ0v) is 36.8. The van der Waals surface area contributed by atoms with E-state index < -0.39 is 37.2 Å². The molecule has 5 N–H and O–H groups in total. The van der Waals surface area contributed by atoms with Crippen LogP contribution in [0.25, 0.3) is 11.2 Å². The number of aliphatic hydroxyl groups excluding tert-OH is 1. The van der Waals surface area contributed by atoms with Gasteiger partial charge in [0.2, 0.25) is 5.95 Å². The van der Waals surface area contributed by atoms with Gasteiger partial charge < -0.3 is 30.1 Å². The number of para-hydroxylation sites is 1. The number of aromatic amines is 1. The Balaban J connectivity index is 1.13. The number of allylic oxidation sites excluding steroid dienone is 12. The predicted molar refractivity (Wildman–Crippen MR) is 242 cm³/mol. The van der Waals surface area contributed by atoms with Gasteiger partial charge in [-0.15, -0.1) is 0 Å². The van der Waals surface area contributed by atoms with Crippen molar-refractivity contribution >= 4 is 30.5 Å². The molecule has 0 bridgehead atoms. The van der Waals surface area contributed by atoms with E-state index in [0.29, 0.717) is 44.5 Å². The first-order valence-electron chi connectivity index (χ1n) is 21.3. The first-order chi connectivity index (χ1) is 29.4. The number of rotatable bonds is 28. The summed E-state index contributed by atoms with van der Waals surface area (Å²) in [6.07, 6.45) is 32.2. The van der Waals surface area contributed by atoms with Crippen LogP contribution in [0.1, 0.15) is 90.7 Å². The van der Waals surface area contributed by atoms with Crippen molar-refractivity contribution in [1.82, 2.24) is 24.4 Å². The number of hydrogen-bond donors (Lipinski definition) is 4. The third-order valence-electron chi connectivity index (χ3n) is 10.0. The molecule has 4 rings (SSSR count). The van der Waals surface area contributed by atoms with Crippen LogP contribution in [0.3, 0.4) is 0 Å². The molecule has 0 aliphatic carbocycles. The molecule has 0 radical (unpaired) electrons. The number of anilines is 1. The van der Waals surface area contributed by atoms with E-state index in [1.54, 1.807) is 24.3 Å². The third-order valence-corrected chi connectivity index (χ3v) is 11.9. The Morgan fingerprint density at radius 1 is 0.951 bits per heavy atom. The lowest BCUT2D eigenvalue weighted by Gasteiger charge is -2.27. The molecule has 1 aliphatic rings. The minimum Gasteiger partial charge on any atom is -0.424 e. The summed E-state index contributed by atoms with van der Waals surface area (Å²) in [5.74, 6) is 0.441. The number of fused-ring (bicyclic) bond motifs is 1. The summed E-state index contributed by atoms with van der Waals surface area (Å²) >= 11 is 0. The quantitative estimate of drug-likeness (QED) is 0.0405. The van der Waals surface area contributed by atoms with Gasteiger partial charge in [-0.3, -0.25) is 23.7 Å². The van der Waals surface area contributed by atoms with Gasteiger partial charge in [-0.25, -0.2) is 9.55 Å². The molecular weight excluding hydrogens is 796 g/mol. The first kappa shape index (κ1) is 49.0. The summed E-state index contributed by atoms with van der Waals surface area (Å²) in [5, 5.41) is 22.4. The summed E-state index contributed by atoms with van der Waals surface area (Å²) in [6.45, 7) is 4.44. The Kier molecular flexibility index (Phi) is 20.8. The number of benzene rings is 1. The van der Waals surface area contributed by atoms with E-state index in [4.69, 9.17) is 19.5 Å². The van der Waals surface area contributed by atoms with Crippen LogP contribution in [-0.2, 0) is 18.6 Å². The van der Waals surface area contributed by atoms with E-state index in [2.05, 4.69) is 99.7 Å². The molecule has 3 heterocycles. The number of ketones is 1. The van der Waals surface area contributed by atoms with E-state index in [9.17, 15) is 24.4 Å². The number of imidazole rings is 1. The van der Waals surface area contributed by atoms with Crippen molar-refractivity contribution in [2.24, 2.45) is 0 Å². The van der Waals surface area contributed by atoms with E-state index in [0.717, 1.165) is 44.9 Å². The first-order valence-corrected chi connectivity index (χ1v) is 23.0. The Hall–Kier alpha value is -4.69. The van der Waals surface area contributed by atoms with Crippen molar-refractivity contribution in [3.05, 3.63) is 120 Å². The standard InChI is InChI=1S/C46H65N6O8P/c1-4-5-6-7-8-9-10-11-12-13-14-15-16-17-18-19-20-21-23-28-37(53)29-26-32-51(3)33-27-34-61(57,60-38-30-24-22-25-31-38)58-35-39-41(54)46(2,56)44(59-39)52-36-48-40-42(52)49-45(47)50-43(40)55/h5-6,8-9,11-12,14-15,17-18,20-22,24-25,30-31,36,39,41,44,54,56H,4,7,10,13,16,19,23,26-29,32-35H2,1-3H3,(H3,47,49,50,55)/b6-5-,9-8-,12-11-,15-14-,18-17-,21-20-/t39-,41-,44-,46-,61?/m1/s1. The number of nitrogens with two attached hydrogens (primary N) is 1. The second-order valence-electron chi connectivity index (χ2n) is 15.3. The number of carbonyl (C=O) groups is 1. The molecule has 15 heteroatoms. The Morgan fingerprint density at radius 2 is 1.54 bits per heavy atom. The van der Waals surface area contributed by atoms with Gasteiger partial charge in [0.05, 0.1) is 19.1 Å². The Labute approximate surface area is 360 Å². The number of nitrogens with zero attached hydrogens (tertiary/aromatic N) is 4. The average molecular weight is 861 g/mol. The molecule has 1 saturated heterocycles. The number of carbonyl (C=O) groups excluding carboxylic acids is 1. The zero-order valence-electron chi connectivity index (χ0n) is 35.9. The number of ether oxygens (including phenoxy) is 1. The molecule has 0 spiro atoms. The zero-order chi connectivity index (χ0) is 43.9. The molecule has 0 amide bonds. The fraction of sp³-hybridized carbons (Fsp3) is 0.478. The van der Waals surface area contributed by atoms with E-state index in [1.165, 1.54) is 17.8 Å². The smallest absolute Gasteiger partial charge is 0.379 e. The third kappa shape index (κ3) is 16.6. The van der Waals surface area contributed by atoms with E-state index in [-0.39, 0.29) is 35.7 Å². The van der Waals surface area contributed by atoms with Crippen molar-refractivity contribution in [3.8, 4) is 5.75 Å². The summed E-state index contributed by atoms with van der Waals surface area (Å²) in [5.41, 5.74) is 3.35. The number of aromatic nitrogens is 4. The lowest BCUT2D eigenvalue weighted by atomic mass is 9.96. The topological polar surface area (TPSA) is 195 Å². The van der Waals surface area contributed by atoms with Crippen molar-refractivity contribution in [2.75, 3.05) is 38.6 Å². The van der Waals surface area contributed by atoms with Crippen molar-refractivity contribution < 1.29 is 33.4 Å². The van der Waals surface area contributed by atoms with Crippen LogP contribution in [-0.4, -0.2) is 91.1 Å². The molecule has 1 fully saturated rings. The van der Waals surface area contributed by atoms with Crippen molar-refractivity contribution in [1.29, 1.82) is 0 Å². The minimum absolute atomic E-state index is 0.0167. The van der Waals surface area contributed by atoms with Gasteiger partial charge >= 0.3 is 7.60 Å². The molecule has 0 saturated carbocycles. The van der Waals surface area contributed by atoms with Crippen molar-refractivity contribution in [3.63, 3.8) is 0 Å². The molecule has 2 aromatic heterocycles. The van der Waals surface area contributed by atoms with Crippen LogP contribution in [0, 0.1) is 0 Å². The Morgan fingerprint density at radius 3 is 2.16 bits per heavy atom. The number of H-pyrrole nitrogens is 1. The lowest BCUT2D eigenvalue weighted by molar-refractivity contribution is -0.119. The van der Waals surface area contributed by atoms with Crippen LogP contribution in [0.4, 0.5) is 5.95 Å². The SMILES string of the molecule is CC/C=C\C/C=C\C/C=C\C/C=C\C/C=C\C/C=C\CCC(=O)CCCN(C)CCCP(=O)(OC[C@H]1O[C@@H](n2cnc3c(=O)[nH]c(N)nc32)[C@](C)(O)[C@@H]1O)Oc1ccccc1. The van der Waals surface area contributed by atoms with Crippen LogP contribution in [0.2, 0.25) is 0 Å². The number of aliphatic hydroxyl groups is 2. The molecule has 1 aromatic carbocycles. The second kappa shape index (κ2) is 25.9. The summed E-state index contributed by atoms with van der Waals surface area (Å²) < 4.78 is 33.4. The highest BCUT2D eigenvalue weighted by Gasteiger charge is 2.54. The van der Waals surface area contributed by atoms with E-state index in [1.807, 2.05) is 13.1 Å². The maximum Gasteiger partial charge on any atom is 0.379 e. The lowest BCUT2D eigenvalue weighted by Crippen LogP contribution is -2.44. The summed E-state index contributed by atoms with van der Waals surface area (Å²) in [6, 6.07) is 8.67. The summed E-state index contributed by atoms with van der Waals surface area (Å²) in [4.78, 5) is 37.5. The maximum absolute atomic E-state index is 14.2. The largest absolute Gasteiger partial charge is 0.424 e. The molecule has 14 nitrogen and oxygen atoms in total. The number of nitrogen functional groups attached to an aromatic ring is 1. The molecule has 1 unspecified atom stereocenters. The van der Waals surface area contributed by atoms with Gasteiger partial charge in [0, 0.05) is 12.8 Å². The Bertz CT molecular complexity index is 2070. The molecule has 1 aliphatic heterocycles. The number of hydrogen-bond acceptors (Lipinski definition) is 12. The predicted octanol–water partition coefficient (Wildman–Crippen LogP) is 8.15. The van der Waals surface area contributed by atoms with Gasteiger partial charge in [0.15, 0.2) is 17.4 Å². The highest BCUT2D eigenvalue weighted by Crippen LogP contribution is 2.50. The van der Waals surface area contributed by atoms with Gasteiger partial charge in [-0.1, -0.05) is 98.0 Å². The average Bonchev–Trinajstić information content (AvgIpc) is 3.74. The van der Waals surface area contributed by atoms with Crippen LogP contribution in [0.5, 0.6) is 5.75 Å². The minimum atomic E-state index is -3.80. The molecule has 332 valence electrons. The highest BCUT2D eigenvalue weighted by atomic mass is 31.2. The number of Topliss-reactive ketones (excluding diaryl/α,β-unsaturated/α-hetero) is 1. The fourth-order valence-corrected chi connectivity index (χ4v) is 8.28. The number of nitrogens with one attached hydrogen (secondary N) is 1. The maximum atomic E-state index is 14.2. The van der Waals surface area contributed by atoms with Gasteiger partial charge in [0.25, 0.3) is 5.56 Å². The van der Waals surface area contributed by atoms with Crippen LogP contribution >= 0.6 is 7.60 Å². The second-order valence-corrected chi connectivity index (χ2v) is 17.4. The molecule has 5 atom stereocenters. The summed E-state index contributed by atoms with van der Waals surface area (Å²) in [7, 11) is -1.85. The van der Waals surface area contributed by atoms with Gasteiger partial charge in [0.1, 0.15) is 29.3 Å². The highest BCUT2D eigenvalue weighted by molar-refractivity contribution is 7.54. The van der Waals surface area contributed by atoms with Crippen LogP contribution < -0.4 is 15.8 Å². The fourth-order valence-electron chi connectivity index (χ4n) is 6.66. The molecule has 3 aromatic rings. The van der Waals surface area contributed by atoms with Crippen molar-refractivity contribution in [2.45, 2.75) is 109 Å². The molecular formula is C46H65N6O8P. The monoisotopic (exact) mass is 860 g/mol. The van der Waals surface area contributed by atoms with Crippen LogP contribution in [0.15, 0.2) is 114 Å². The molecule has 61 heavy (non-hydrogen) atoms. The van der Waals surface area contributed by atoms with Gasteiger partial charge in [-0.05, 0) is 97.0 Å². The normalized spacial score (nSPS) is 20.9. The van der Waals surface area contributed by atoms with Gasteiger partial charge in [-0.2, -0.15) is 4.98 Å².